The Morgan fingerprint density at radius 1 is 0.839 bits per heavy atom. The van der Waals surface area contributed by atoms with Crippen LogP contribution in [0.4, 0.5) is 0 Å². The first-order chi connectivity index (χ1) is 14.7. The first kappa shape index (κ1) is 21.6. The van der Waals surface area contributed by atoms with Crippen molar-refractivity contribution in [3.05, 3.63) is 112 Å². The molecule has 1 heterocycles. The zero-order valence-electron chi connectivity index (χ0n) is 16.7. The summed E-state index contributed by atoms with van der Waals surface area (Å²) in [4.78, 5) is 14.0. The lowest BCUT2D eigenvalue weighted by Crippen LogP contribution is -2.41. The van der Waals surface area contributed by atoms with Crippen LogP contribution in [0.5, 0.6) is 0 Å². The minimum Gasteiger partial charge on any atom is -0.272 e. The van der Waals surface area contributed by atoms with Crippen molar-refractivity contribution in [1.82, 2.24) is 4.31 Å². The minimum atomic E-state index is -4.13. The van der Waals surface area contributed by atoms with Crippen LogP contribution in [-0.2, 0) is 20.2 Å². The van der Waals surface area contributed by atoms with Crippen molar-refractivity contribution in [1.29, 1.82) is 0 Å². The average Bonchev–Trinajstić information content (AvgIpc) is 3.01. The van der Waals surface area contributed by atoms with E-state index in [1.165, 1.54) is 12.1 Å². The summed E-state index contributed by atoms with van der Waals surface area (Å²) in [5.74, 6) is -0.581. The van der Waals surface area contributed by atoms with Crippen LogP contribution >= 0.6 is 23.2 Å². The molecule has 0 aromatic heterocycles. The number of hydrogen-bond acceptors (Lipinski definition) is 3. The van der Waals surface area contributed by atoms with Gasteiger partial charge in [-0.2, -0.15) is 0 Å². The lowest BCUT2D eigenvalue weighted by Gasteiger charge is -2.28. The highest BCUT2D eigenvalue weighted by Gasteiger charge is 2.55. The fourth-order valence-corrected chi connectivity index (χ4v) is 5.67. The van der Waals surface area contributed by atoms with Gasteiger partial charge in [-0.1, -0.05) is 71.7 Å². The van der Waals surface area contributed by atoms with Gasteiger partial charge < -0.3 is 0 Å². The lowest BCUT2D eigenvalue weighted by atomic mass is 9.73. The number of rotatable bonds is 4. The predicted octanol–water partition coefficient (Wildman–Crippen LogP) is 5.72. The summed E-state index contributed by atoms with van der Waals surface area (Å²) in [6.07, 6.45) is 0.111. The third kappa shape index (κ3) is 3.57. The molecular weight excluding hydrogens is 453 g/mol. The molecule has 0 N–H and O–H groups in total. The SMILES string of the molecule is C=C1CC(c2ccc(Cl)cc2)(c2ccc(Cl)cc2)C(=O)N1S(=O)(=O)c1ccc(C)cc1. The summed E-state index contributed by atoms with van der Waals surface area (Å²) in [7, 11) is -4.13. The third-order valence-electron chi connectivity index (χ3n) is 5.54. The van der Waals surface area contributed by atoms with E-state index in [-0.39, 0.29) is 17.0 Å². The van der Waals surface area contributed by atoms with Crippen molar-refractivity contribution in [2.45, 2.75) is 23.7 Å². The molecule has 0 aliphatic carbocycles. The number of sulfonamides is 1. The highest BCUT2D eigenvalue weighted by molar-refractivity contribution is 7.89. The van der Waals surface area contributed by atoms with Crippen LogP contribution in [0.15, 0.2) is 90.0 Å². The third-order valence-corrected chi connectivity index (χ3v) is 7.82. The number of benzene rings is 3. The number of nitrogens with zero attached hydrogens (tertiary/aromatic N) is 1. The first-order valence-electron chi connectivity index (χ1n) is 9.52. The van der Waals surface area contributed by atoms with E-state index in [4.69, 9.17) is 23.2 Å². The molecule has 0 unspecified atom stereocenters. The molecule has 4 rings (SSSR count). The molecule has 1 aliphatic heterocycles. The zero-order valence-corrected chi connectivity index (χ0v) is 19.0. The molecule has 1 aliphatic rings. The lowest BCUT2D eigenvalue weighted by molar-refractivity contribution is -0.126. The van der Waals surface area contributed by atoms with Crippen LogP contribution in [0, 0.1) is 6.92 Å². The maximum absolute atomic E-state index is 13.9. The second kappa shape index (κ2) is 7.83. The second-order valence-corrected chi connectivity index (χ2v) is 10.2. The normalized spacial score (nSPS) is 16.0. The molecule has 1 saturated heterocycles. The molecule has 158 valence electrons. The van der Waals surface area contributed by atoms with Gasteiger partial charge in [-0.05, 0) is 54.4 Å². The van der Waals surface area contributed by atoms with E-state index in [0.29, 0.717) is 21.2 Å². The Morgan fingerprint density at radius 3 is 1.74 bits per heavy atom. The van der Waals surface area contributed by atoms with Crippen LogP contribution < -0.4 is 0 Å². The Balaban J connectivity index is 1.90. The van der Waals surface area contributed by atoms with Crippen LogP contribution in [0.1, 0.15) is 23.1 Å². The van der Waals surface area contributed by atoms with Crippen molar-refractivity contribution in [2.75, 3.05) is 0 Å². The Kier molecular flexibility index (Phi) is 5.46. The molecular formula is C24H19Cl2NO3S. The summed E-state index contributed by atoms with van der Waals surface area (Å²) >= 11 is 12.1. The number of hydrogen-bond donors (Lipinski definition) is 0. The van der Waals surface area contributed by atoms with Crippen molar-refractivity contribution in [2.24, 2.45) is 0 Å². The van der Waals surface area contributed by atoms with Gasteiger partial charge in [0.05, 0.1) is 4.90 Å². The molecule has 0 atom stereocenters. The van der Waals surface area contributed by atoms with Gasteiger partial charge in [0.25, 0.3) is 15.9 Å². The summed E-state index contributed by atoms with van der Waals surface area (Å²) in [6.45, 7) is 5.81. The van der Waals surface area contributed by atoms with Gasteiger partial charge in [0, 0.05) is 22.2 Å². The van der Waals surface area contributed by atoms with Gasteiger partial charge in [-0.15, -0.1) is 0 Å². The number of carbonyl (C=O) groups excluding carboxylic acids is 1. The van der Waals surface area contributed by atoms with E-state index < -0.39 is 21.3 Å². The number of carbonyl (C=O) groups is 1. The van der Waals surface area contributed by atoms with Gasteiger partial charge >= 0.3 is 0 Å². The van der Waals surface area contributed by atoms with Gasteiger partial charge in [-0.3, -0.25) is 4.79 Å². The van der Waals surface area contributed by atoms with Crippen molar-refractivity contribution < 1.29 is 13.2 Å². The highest BCUT2D eigenvalue weighted by Crippen LogP contribution is 2.48. The summed E-state index contributed by atoms with van der Waals surface area (Å²) in [5, 5.41) is 1.03. The molecule has 1 amide bonds. The molecule has 3 aromatic carbocycles. The van der Waals surface area contributed by atoms with E-state index in [0.717, 1.165) is 9.87 Å². The summed E-state index contributed by atoms with van der Waals surface area (Å²) in [6, 6.07) is 20.1. The van der Waals surface area contributed by atoms with Gasteiger partial charge in [0.15, 0.2) is 0 Å². The Bertz CT molecular complexity index is 1220. The van der Waals surface area contributed by atoms with Gasteiger partial charge in [-0.25, -0.2) is 12.7 Å². The maximum Gasteiger partial charge on any atom is 0.270 e. The predicted molar refractivity (Wildman–Crippen MR) is 123 cm³/mol. The van der Waals surface area contributed by atoms with Gasteiger partial charge in [0.2, 0.25) is 0 Å². The molecule has 31 heavy (non-hydrogen) atoms. The van der Waals surface area contributed by atoms with Crippen LogP contribution in [-0.4, -0.2) is 18.6 Å². The molecule has 0 radical (unpaired) electrons. The van der Waals surface area contributed by atoms with Crippen molar-refractivity contribution in [3.63, 3.8) is 0 Å². The van der Waals surface area contributed by atoms with Crippen molar-refractivity contribution >= 4 is 39.1 Å². The van der Waals surface area contributed by atoms with Gasteiger partial charge in [0.1, 0.15) is 5.41 Å². The largest absolute Gasteiger partial charge is 0.272 e. The molecule has 3 aromatic rings. The van der Waals surface area contributed by atoms with E-state index in [1.54, 1.807) is 60.7 Å². The van der Waals surface area contributed by atoms with Crippen LogP contribution in [0.25, 0.3) is 0 Å². The Labute approximate surface area is 191 Å². The molecule has 4 nitrogen and oxygen atoms in total. The molecule has 0 saturated carbocycles. The summed E-state index contributed by atoms with van der Waals surface area (Å²) in [5.41, 5.74) is 1.13. The smallest absolute Gasteiger partial charge is 0.270 e. The topological polar surface area (TPSA) is 54.5 Å². The first-order valence-corrected chi connectivity index (χ1v) is 11.7. The monoisotopic (exact) mass is 471 g/mol. The van der Waals surface area contributed by atoms with Crippen molar-refractivity contribution in [3.8, 4) is 0 Å². The minimum absolute atomic E-state index is 0.0376. The molecule has 7 heteroatoms. The molecule has 0 spiro atoms. The fourth-order valence-electron chi connectivity index (χ4n) is 3.95. The number of halogens is 2. The Hall–Kier alpha value is -2.60. The zero-order chi connectivity index (χ0) is 22.4. The van der Waals surface area contributed by atoms with E-state index in [9.17, 15) is 13.2 Å². The van der Waals surface area contributed by atoms with E-state index in [1.807, 2.05) is 6.92 Å². The van der Waals surface area contributed by atoms with Crippen LogP contribution in [0.2, 0.25) is 10.0 Å². The average molecular weight is 472 g/mol. The van der Waals surface area contributed by atoms with E-state index >= 15 is 0 Å². The van der Waals surface area contributed by atoms with Crippen LogP contribution in [0.3, 0.4) is 0 Å². The summed E-state index contributed by atoms with van der Waals surface area (Å²) < 4.78 is 27.7. The molecule has 0 bridgehead atoms. The van der Waals surface area contributed by atoms with E-state index in [2.05, 4.69) is 6.58 Å². The second-order valence-electron chi connectivity index (χ2n) is 7.55. The number of allylic oxidation sites excluding steroid dienone is 1. The quantitative estimate of drug-likeness (QED) is 0.488. The standard InChI is InChI=1S/C24H19Cl2NO3S/c1-16-3-13-22(14-4-16)31(29,30)27-17(2)15-24(23(27)28,18-5-9-20(25)10-6-18)19-7-11-21(26)12-8-19/h3-14H,2,15H2,1H3. The highest BCUT2D eigenvalue weighted by atomic mass is 35.5. The fraction of sp³-hybridized carbons (Fsp3) is 0.125. The maximum atomic E-state index is 13.9. The molecule has 1 fully saturated rings. The Morgan fingerprint density at radius 2 is 1.29 bits per heavy atom. The number of amides is 1. The number of aryl methyl sites for hydroxylation is 1.